The second-order valence-corrected chi connectivity index (χ2v) is 10.3. The molecule has 0 bridgehead atoms. The Kier molecular flexibility index (Phi) is 9.47. The molecule has 2 aromatic carbocycles. The van der Waals surface area contributed by atoms with Crippen LogP contribution in [0.2, 0.25) is 5.02 Å². The van der Waals surface area contributed by atoms with E-state index in [1.165, 1.54) is 4.90 Å². The van der Waals surface area contributed by atoms with Crippen molar-refractivity contribution in [2.75, 3.05) is 11.9 Å². The summed E-state index contributed by atoms with van der Waals surface area (Å²) in [5.41, 5.74) is 1.02. The fourth-order valence-corrected chi connectivity index (χ4v) is 4.11. The van der Waals surface area contributed by atoms with E-state index in [0.717, 1.165) is 5.56 Å². The van der Waals surface area contributed by atoms with Crippen LogP contribution in [0.15, 0.2) is 65.2 Å². The monoisotopic (exact) mass is 524 g/mol. The molecule has 0 aliphatic carbocycles. The van der Waals surface area contributed by atoms with Crippen LogP contribution in [0.3, 0.4) is 0 Å². The Labute approximate surface area is 222 Å². The van der Waals surface area contributed by atoms with Crippen molar-refractivity contribution in [2.45, 2.75) is 58.5 Å². The van der Waals surface area contributed by atoms with E-state index < -0.39 is 11.6 Å². The number of amides is 3. The summed E-state index contributed by atoms with van der Waals surface area (Å²) in [6, 6.07) is 17.3. The highest BCUT2D eigenvalue weighted by Crippen LogP contribution is 2.30. The van der Waals surface area contributed by atoms with E-state index in [0.29, 0.717) is 22.8 Å². The molecule has 3 amide bonds. The molecule has 0 aliphatic rings. The zero-order valence-electron chi connectivity index (χ0n) is 21.6. The van der Waals surface area contributed by atoms with Gasteiger partial charge < -0.3 is 20.1 Å². The highest BCUT2D eigenvalue weighted by atomic mass is 35.5. The number of carbonyl (C=O) groups excluding carboxylic acids is 3. The number of nitrogens with one attached hydrogen (secondary N) is 2. The van der Waals surface area contributed by atoms with Crippen molar-refractivity contribution in [3.63, 3.8) is 0 Å². The molecule has 196 valence electrons. The molecular weight excluding hydrogens is 492 g/mol. The van der Waals surface area contributed by atoms with Gasteiger partial charge in [-0.25, -0.2) is 0 Å². The van der Waals surface area contributed by atoms with Crippen LogP contribution in [0, 0.1) is 6.92 Å². The second kappa shape index (κ2) is 12.5. The SMILES string of the molecule is Cc1cc(NC(=O)CCC(=O)N(CCc2ccccc2)[C@@H](C(=O)NC(C)(C)C)c2ccccc2Cl)no1. The maximum Gasteiger partial charge on any atom is 0.247 e. The summed E-state index contributed by atoms with van der Waals surface area (Å²) < 4.78 is 4.96. The van der Waals surface area contributed by atoms with E-state index in [1.807, 2.05) is 51.1 Å². The first-order valence-electron chi connectivity index (χ1n) is 12.2. The fourth-order valence-electron chi connectivity index (χ4n) is 3.87. The Morgan fingerprint density at radius 3 is 2.32 bits per heavy atom. The lowest BCUT2D eigenvalue weighted by Gasteiger charge is -2.34. The van der Waals surface area contributed by atoms with E-state index in [2.05, 4.69) is 15.8 Å². The first-order valence-corrected chi connectivity index (χ1v) is 12.5. The van der Waals surface area contributed by atoms with Gasteiger partial charge >= 0.3 is 0 Å². The topological polar surface area (TPSA) is 105 Å². The number of anilines is 1. The third-order valence-corrected chi connectivity index (χ3v) is 5.87. The first-order chi connectivity index (χ1) is 17.5. The van der Waals surface area contributed by atoms with Crippen LogP contribution in [0.4, 0.5) is 5.82 Å². The molecule has 1 atom stereocenters. The summed E-state index contributed by atoms with van der Waals surface area (Å²) >= 11 is 6.52. The number of aryl methyl sites for hydroxylation is 1. The largest absolute Gasteiger partial charge is 0.360 e. The molecular formula is C28H33ClN4O4. The van der Waals surface area contributed by atoms with Crippen molar-refractivity contribution in [3.8, 4) is 0 Å². The lowest BCUT2D eigenvalue weighted by molar-refractivity contribution is -0.142. The van der Waals surface area contributed by atoms with E-state index in [1.54, 1.807) is 37.3 Å². The third-order valence-electron chi connectivity index (χ3n) is 5.52. The van der Waals surface area contributed by atoms with Gasteiger partial charge in [-0.3, -0.25) is 14.4 Å². The molecule has 37 heavy (non-hydrogen) atoms. The van der Waals surface area contributed by atoms with Gasteiger partial charge in [0.15, 0.2) is 5.82 Å². The minimum atomic E-state index is -0.967. The molecule has 3 rings (SSSR count). The molecule has 0 saturated carbocycles. The van der Waals surface area contributed by atoms with Crippen LogP contribution in [0.1, 0.15) is 56.5 Å². The lowest BCUT2D eigenvalue weighted by Crippen LogP contribution is -2.50. The fraction of sp³-hybridized carbons (Fsp3) is 0.357. The molecule has 1 aromatic heterocycles. The Bertz CT molecular complexity index is 1220. The molecule has 3 aromatic rings. The van der Waals surface area contributed by atoms with Crippen molar-refractivity contribution < 1.29 is 18.9 Å². The number of hydrogen-bond donors (Lipinski definition) is 2. The van der Waals surface area contributed by atoms with Gasteiger partial charge in [0.25, 0.3) is 0 Å². The Morgan fingerprint density at radius 1 is 1.03 bits per heavy atom. The molecule has 9 heteroatoms. The molecule has 0 radical (unpaired) electrons. The number of hydrogen-bond acceptors (Lipinski definition) is 5. The van der Waals surface area contributed by atoms with Crippen LogP contribution in [0.5, 0.6) is 0 Å². The van der Waals surface area contributed by atoms with Crippen molar-refractivity contribution in [2.24, 2.45) is 0 Å². The number of nitrogens with zero attached hydrogens (tertiary/aromatic N) is 2. The number of halogens is 1. The van der Waals surface area contributed by atoms with Crippen molar-refractivity contribution in [1.82, 2.24) is 15.4 Å². The molecule has 0 fully saturated rings. The average Bonchev–Trinajstić information content (AvgIpc) is 3.24. The predicted molar refractivity (Wildman–Crippen MR) is 143 cm³/mol. The van der Waals surface area contributed by atoms with Gasteiger partial charge in [0.1, 0.15) is 11.8 Å². The van der Waals surface area contributed by atoms with Crippen LogP contribution < -0.4 is 10.6 Å². The third kappa shape index (κ3) is 8.46. The highest BCUT2D eigenvalue weighted by Gasteiger charge is 2.34. The lowest BCUT2D eigenvalue weighted by atomic mass is 10.00. The van der Waals surface area contributed by atoms with Crippen LogP contribution in [-0.4, -0.2) is 39.9 Å². The summed E-state index contributed by atoms with van der Waals surface area (Å²) in [5.74, 6) is -0.209. The number of carbonyl (C=O) groups is 3. The van der Waals surface area contributed by atoms with E-state index in [9.17, 15) is 14.4 Å². The van der Waals surface area contributed by atoms with Gasteiger partial charge in [0, 0.05) is 41.6 Å². The van der Waals surface area contributed by atoms with Gasteiger partial charge in [0.05, 0.1) is 0 Å². The van der Waals surface area contributed by atoms with Crippen molar-refractivity contribution in [1.29, 1.82) is 0 Å². The first kappa shape index (κ1) is 27.9. The van der Waals surface area contributed by atoms with Crippen LogP contribution in [0.25, 0.3) is 0 Å². The summed E-state index contributed by atoms with van der Waals surface area (Å²) in [6.07, 6.45) is 0.352. The van der Waals surface area contributed by atoms with Gasteiger partial charge in [-0.05, 0) is 45.7 Å². The molecule has 0 unspecified atom stereocenters. The minimum absolute atomic E-state index is 0.0806. The maximum atomic E-state index is 13.6. The zero-order chi connectivity index (χ0) is 27.0. The van der Waals surface area contributed by atoms with E-state index >= 15 is 0 Å². The van der Waals surface area contributed by atoms with Crippen LogP contribution >= 0.6 is 11.6 Å². The smallest absolute Gasteiger partial charge is 0.247 e. The standard InChI is InChI=1S/C28H33ClN4O4/c1-19-18-23(32-37-19)30-24(34)14-15-25(35)33(17-16-20-10-6-5-7-11-20)26(27(36)31-28(2,3)4)21-12-8-9-13-22(21)29/h5-13,18,26H,14-17H2,1-4H3,(H,31,36)(H,30,32,34)/t26-/m1/s1. The second-order valence-electron chi connectivity index (χ2n) is 9.86. The Hall–Kier alpha value is -3.65. The molecule has 0 spiro atoms. The van der Waals surface area contributed by atoms with Crippen molar-refractivity contribution >= 4 is 35.1 Å². The Balaban J connectivity index is 1.87. The highest BCUT2D eigenvalue weighted by molar-refractivity contribution is 6.31. The van der Waals surface area contributed by atoms with Gasteiger partial charge in [-0.15, -0.1) is 0 Å². The van der Waals surface area contributed by atoms with E-state index in [4.69, 9.17) is 16.1 Å². The van der Waals surface area contributed by atoms with Gasteiger partial charge in [0.2, 0.25) is 17.7 Å². The molecule has 8 nitrogen and oxygen atoms in total. The van der Waals surface area contributed by atoms with Crippen molar-refractivity contribution in [3.05, 3.63) is 82.6 Å². The molecule has 0 aliphatic heterocycles. The van der Waals surface area contributed by atoms with Gasteiger partial charge in [-0.2, -0.15) is 0 Å². The van der Waals surface area contributed by atoms with Crippen LogP contribution in [-0.2, 0) is 20.8 Å². The molecule has 0 saturated heterocycles. The predicted octanol–water partition coefficient (Wildman–Crippen LogP) is 5.08. The maximum absolute atomic E-state index is 13.6. The summed E-state index contributed by atoms with van der Waals surface area (Å²) in [5, 5.41) is 9.74. The summed E-state index contributed by atoms with van der Waals surface area (Å²) in [4.78, 5) is 41.2. The molecule has 2 N–H and O–H groups in total. The Morgan fingerprint density at radius 2 is 1.70 bits per heavy atom. The minimum Gasteiger partial charge on any atom is -0.360 e. The number of aromatic nitrogens is 1. The number of benzene rings is 2. The normalized spacial score (nSPS) is 12.0. The summed E-state index contributed by atoms with van der Waals surface area (Å²) in [7, 11) is 0. The zero-order valence-corrected chi connectivity index (χ0v) is 22.3. The van der Waals surface area contributed by atoms with Gasteiger partial charge in [-0.1, -0.05) is 65.3 Å². The average molecular weight is 525 g/mol. The molecule has 1 heterocycles. The quantitative estimate of drug-likeness (QED) is 0.384. The van der Waals surface area contributed by atoms with E-state index in [-0.39, 0.29) is 42.9 Å². The summed E-state index contributed by atoms with van der Waals surface area (Å²) in [6.45, 7) is 7.61. The number of rotatable bonds is 10.